The third-order valence-corrected chi connectivity index (χ3v) is 3.30. The minimum atomic E-state index is -0.763. The maximum atomic E-state index is 13.6. The molecule has 0 spiro atoms. The van der Waals surface area contributed by atoms with Gasteiger partial charge in [-0.2, -0.15) is 0 Å². The van der Waals surface area contributed by atoms with Crippen LogP contribution in [-0.2, 0) is 11.3 Å². The first-order valence-electron chi connectivity index (χ1n) is 6.36. The van der Waals surface area contributed by atoms with Gasteiger partial charge in [0.15, 0.2) is 0 Å². The molecule has 0 saturated carbocycles. The number of aliphatic carboxylic acids is 1. The van der Waals surface area contributed by atoms with Gasteiger partial charge >= 0.3 is 5.97 Å². The number of hydrogen-bond acceptors (Lipinski definition) is 2. The molecule has 1 unspecified atom stereocenters. The van der Waals surface area contributed by atoms with Crippen LogP contribution in [0.4, 0.5) is 4.39 Å². The van der Waals surface area contributed by atoms with Crippen molar-refractivity contribution < 1.29 is 14.3 Å². The average Bonchev–Trinajstić information content (AvgIpc) is 2.37. The van der Waals surface area contributed by atoms with Crippen molar-refractivity contribution in [3.63, 3.8) is 0 Å². The van der Waals surface area contributed by atoms with Gasteiger partial charge in [-0.1, -0.05) is 30.7 Å². The van der Waals surface area contributed by atoms with Crippen molar-refractivity contribution in [3.05, 3.63) is 34.6 Å². The zero-order chi connectivity index (χ0) is 14.3. The molecule has 0 saturated heterocycles. The molecule has 1 aromatic carbocycles. The highest BCUT2D eigenvalue weighted by atomic mass is 35.5. The second kappa shape index (κ2) is 8.12. The predicted octanol–water partition coefficient (Wildman–Crippen LogP) is 3.46. The van der Waals surface area contributed by atoms with E-state index in [9.17, 15) is 9.18 Å². The summed E-state index contributed by atoms with van der Waals surface area (Å²) in [6.07, 6.45) is 1.74. The lowest BCUT2D eigenvalue weighted by molar-refractivity contribution is -0.137. The SMILES string of the molecule is CC(CCNCc1cccc(Cl)c1F)CCC(=O)O. The standard InChI is InChI=1S/C14H19ClFNO2/c1-10(5-6-13(18)19)7-8-17-9-11-3-2-4-12(15)14(11)16/h2-4,10,17H,5-9H2,1H3,(H,18,19). The highest BCUT2D eigenvalue weighted by molar-refractivity contribution is 6.30. The summed E-state index contributed by atoms with van der Waals surface area (Å²) in [6.45, 7) is 3.18. The lowest BCUT2D eigenvalue weighted by Crippen LogP contribution is -2.18. The molecule has 0 fully saturated rings. The number of hydrogen-bond donors (Lipinski definition) is 2. The first-order chi connectivity index (χ1) is 9.00. The van der Waals surface area contributed by atoms with Gasteiger partial charge in [-0.25, -0.2) is 4.39 Å². The Hall–Kier alpha value is -1.13. The van der Waals surface area contributed by atoms with Gasteiger partial charge in [-0.05, 0) is 31.4 Å². The van der Waals surface area contributed by atoms with E-state index in [0.29, 0.717) is 24.4 Å². The van der Waals surface area contributed by atoms with Gasteiger partial charge in [0.05, 0.1) is 5.02 Å². The maximum absolute atomic E-state index is 13.6. The first-order valence-corrected chi connectivity index (χ1v) is 6.74. The minimum Gasteiger partial charge on any atom is -0.481 e. The lowest BCUT2D eigenvalue weighted by atomic mass is 10.0. The zero-order valence-corrected chi connectivity index (χ0v) is 11.7. The fourth-order valence-corrected chi connectivity index (χ4v) is 1.96. The van der Waals surface area contributed by atoms with Crippen LogP contribution in [0.3, 0.4) is 0 Å². The van der Waals surface area contributed by atoms with E-state index in [1.54, 1.807) is 12.1 Å². The van der Waals surface area contributed by atoms with E-state index in [1.165, 1.54) is 6.07 Å². The molecular weight excluding hydrogens is 269 g/mol. The monoisotopic (exact) mass is 287 g/mol. The van der Waals surface area contributed by atoms with Crippen LogP contribution >= 0.6 is 11.6 Å². The highest BCUT2D eigenvalue weighted by Gasteiger charge is 2.07. The molecule has 5 heteroatoms. The Morgan fingerprint density at radius 1 is 1.47 bits per heavy atom. The summed E-state index contributed by atoms with van der Waals surface area (Å²) in [5, 5.41) is 11.8. The third kappa shape index (κ3) is 6.03. The fourth-order valence-electron chi connectivity index (χ4n) is 1.77. The molecule has 0 aliphatic heterocycles. The Morgan fingerprint density at radius 2 is 2.21 bits per heavy atom. The molecule has 0 amide bonds. The summed E-state index contributed by atoms with van der Waals surface area (Å²) >= 11 is 5.69. The van der Waals surface area contributed by atoms with E-state index in [-0.39, 0.29) is 17.3 Å². The van der Waals surface area contributed by atoms with Gasteiger partial charge < -0.3 is 10.4 Å². The quantitative estimate of drug-likeness (QED) is 0.720. The van der Waals surface area contributed by atoms with Crippen LogP contribution in [-0.4, -0.2) is 17.6 Å². The van der Waals surface area contributed by atoms with Gasteiger partial charge in [0.25, 0.3) is 0 Å². The number of carboxylic acid groups (broad SMARTS) is 1. The molecule has 0 aliphatic rings. The van der Waals surface area contributed by atoms with Crippen LogP contribution in [0.15, 0.2) is 18.2 Å². The Bertz CT molecular complexity index is 426. The van der Waals surface area contributed by atoms with E-state index in [4.69, 9.17) is 16.7 Å². The van der Waals surface area contributed by atoms with Crippen molar-refractivity contribution in [2.24, 2.45) is 5.92 Å². The van der Waals surface area contributed by atoms with E-state index >= 15 is 0 Å². The van der Waals surface area contributed by atoms with E-state index in [0.717, 1.165) is 13.0 Å². The predicted molar refractivity (Wildman–Crippen MR) is 73.8 cm³/mol. The molecule has 3 nitrogen and oxygen atoms in total. The van der Waals surface area contributed by atoms with Gasteiger partial charge in [-0.15, -0.1) is 0 Å². The van der Waals surface area contributed by atoms with Crippen LogP contribution in [0, 0.1) is 11.7 Å². The number of carbonyl (C=O) groups is 1. The molecule has 19 heavy (non-hydrogen) atoms. The molecule has 2 N–H and O–H groups in total. The van der Waals surface area contributed by atoms with Crippen LogP contribution in [0.2, 0.25) is 5.02 Å². The van der Waals surface area contributed by atoms with Gasteiger partial charge in [0, 0.05) is 18.5 Å². The number of benzene rings is 1. The van der Waals surface area contributed by atoms with Crippen molar-refractivity contribution in [2.75, 3.05) is 6.54 Å². The molecule has 0 radical (unpaired) electrons. The molecule has 0 heterocycles. The second-order valence-corrected chi connectivity index (χ2v) is 5.12. The summed E-state index contributed by atoms with van der Waals surface area (Å²) in [7, 11) is 0. The Morgan fingerprint density at radius 3 is 2.89 bits per heavy atom. The normalized spacial score (nSPS) is 12.4. The average molecular weight is 288 g/mol. The molecule has 0 bridgehead atoms. The summed E-state index contributed by atoms with van der Waals surface area (Å²) in [4.78, 5) is 10.4. The summed E-state index contributed by atoms with van der Waals surface area (Å²) in [5.74, 6) is -0.802. The lowest BCUT2D eigenvalue weighted by Gasteiger charge is -2.11. The van der Waals surface area contributed by atoms with Crippen molar-refractivity contribution in [1.82, 2.24) is 5.32 Å². The van der Waals surface area contributed by atoms with E-state index in [2.05, 4.69) is 5.32 Å². The third-order valence-electron chi connectivity index (χ3n) is 3.01. The summed E-state index contributed by atoms with van der Waals surface area (Å²) < 4.78 is 13.6. The van der Waals surface area contributed by atoms with Crippen molar-refractivity contribution in [2.45, 2.75) is 32.7 Å². The summed E-state index contributed by atoms with van der Waals surface area (Å²) in [5.41, 5.74) is 0.547. The highest BCUT2D eigenvalue weighted by Crippen LogP contribution is 2.17. The largest absolute Gasteiger partial charge is 0.481 e. The van der Waals surface area contributed by atoms with E-state index < -0.39 is 5.97 Å². The smallest absolute Gasteiger partial charge is 0.303 e. The molecule has 0 aliphatic carbocycles. The second-order valence-electron chi connectivity index (χ2n) is 4.72. The number of rotatable bonds is 8. The topological polar surface area (TPSA) is 49.3 Å². The summed E-state index contributed by atoms with van der Waals surface area (Å²) in [6, 6.07) is 4.94. The number of nitrogens with one attached hydrogen (secondary N) is 1. The van der Waals surface area contributed by atoms with Crippen molar-refractivity contribution >= 4 is 17.6 Å². The number of carboxylic acids is 1. The maximum Gasteiger partial charge on any atom is 0.303 e. The fraction of sp³-hybridized carbons (Fsp3) is 0.500. The molecular formula is C14H19ClFNO2. The first kappa shape index (κ1) is 15.9. The van der Waals surface area contributed by atoms with Gasteiger partial charge in [-0.3, -0.25) is 4.79 Å². The van der Waals surface area contributed by atoms with Crippen LogP contribution in [0.5, 0.6) is 0 Å². The van der Waals surface area contributed by atoms with Crippen LogP contribution in [0.25, 0.3) is 0 Å². The molecule has 1 atom stereocenters. The van der Waals surface area contributed by atoms with Crippen molar-refractivity contribution in [1.29, 1.82) is 0 Å². The molecule has 0 aromatic heterocycles. The minimum absolute atomic E-state index is 0.133. The van der Waals surface area contributed by atoms with Gasteiger partial charge in [0.2, 0.25) is 0 Å². The Labute approximate surface area is 117 Å². The van der Waals surface area contributed by atoms with Gasteiger partial charge in [0.1, 0.15) is 5.82 Å². The van der Waals surface area contributed by atoms with Crippen molar-refractivity contribution in [3.8, 4) is 0 Å². The number of halogens is 2. The molecule has 106 valence electrons. The molecule has 1 rings (SSSR count). The van der Waals surface area contributed by atoms with E-state index in [1.807, 2.05) is 6.92 Å². The van der Waals surface area contributed by atoms with Crippen LogP contribution < -0.4 is 5.32 Å². The molecule has 1 aromatic rings. The Kier molecular flexibility index (Phi) is 6.81. The zero-order valence-electron chi connectivity index (χ0n) is 11.0. The van der Waals surface area contributed by atoms with Crippen LogP contribution in [0.1, 0.15) is 31.7 Å². The Balaban J connectivity index is 2.23.